The van der Waals surface area contributed by atoms with Crippen LogP contribution in [-0.4, -0.2) is 35.2 Å². The van der Waals surface area contributed by atoms with Crippen LogP contribution in [0.25, 0.3) is 10.8 Å². The number of carboxylic acids is 1. The van der Waals surface area contributed by atoms with E-state index in [2.05, 4.69) is 0 Å². The monoisotopic (exact) mass is 498 g/mol. The van der Waals surface area contributed by atoms with Crippen LogP contribution in [0.1, 0.15) is 43.1 Å². The second kappa shape index (κ2) is 11.2. The lowest BCUT2D eigenvalue weighted by Gasteiger charge is -2.21. The average Bonchev–Trinajstić information content (AvgIpc) is 2.89. The van der Waals surface area contributed by atoms with E-state index >= 15 is 0 Å². The minimum Gasteiger partial charge on any atom is -0.493 e. The van der Waals surface area contributed by atoms with Crippen molar-refractivity contribution in [2.24, 2.45) is 0 Å². The molecule has 0 amide bonds. The predicted octanol–water partition coefficient (Wildman–Crippen LogP) is 6.55. The second-order valence-corrected chi connectivity index (χ2v) is 9.35. The summed E-state index contributed by atoms with van der Waals surface area (Å²) in [5, 5.41) is 11.2. The molecular formula is C31H30O6. The first-order valence-corrected chi connectivity index (χ1v) is 12.2. The van der Waals surface area contributed by atoms with Crippen LogP contribution in [-0.2, 0) is 4.79 Å². The minimum atomic E-state index is -1.32. The van der Waals surface area contributed by atoms with Crippen molar-refractivity contribution in [3.8, 4) is 17.2 Å². The smallest absolute Gasteiger partial charge is 0.347 e. The molecule has 1 N–H and O–H groups in total. The van der Waals surface area contributed by atoms with Gasteiger partial charge in [0.15, 0.2) is 11.4 Å². The van der Waals surface area contributed by atoms with E-state index in [1.807, 2.05) is 61.5 Å². The number of carbonyl (C=O) groups excluding carboxylic acids is 1. The Hall–Kier alpha value is -4.32. The molecule has 37 heavy (non-hydrogen) atoms. The van der Waals surface area contributed by atoms with Crippen LogP contribution in [0.3, 0.4) is 0 Å². The van der Waals surface area contributed by atoms with Crippen LogP contribution in [0.2, 0.25) is 0 Å². The van der Waals surface area contributed by atoms with Crippen molar-refractivity contribution < 1.29 is 28.9 Å². The molecule has 6 heteroatoms. The van der Waals surface area contributed by atoms with Gasteiger partial charge in [-0.15, -0.1) is 0 Å². The van der Waals surface area contributed by atoms with E-state index in [1.165, 1.54) is 13.8 Å². The van der Waals surface area contributed by atoms with Gasteiger partial charge in [-0.1, -0.05) is 54.6 Å². The van der Waals surface area contributed by atoms with Crippen molar-refractivity contribution >= 4 is 22.5 Å². The van der Waals surface area contributed by atoms with Gasteiger partial charge in [0.25, 0.3) is 0 Å². The highest BCUT2D eigenvalue weighted by molar-refractivity contribution is 6.12. The van der Waals surface area contributed by atoms with Gasteiger partial charge in [0.1, 0.15) is 17.2 Å². The van der Waals surface area contributed by atoms with Crippen LogP contribution in [0.4, 0.5) is 0 Å². The molecule has 1 atom stereocenters. The summed E-state index contributed by atoms with van der Waals surface area (Å²) in [5.41, 5.74) is -0.186. The number of rotatable bonds is 11. The fourth-order valence-electron chi connectivity index (χ4n) is 3.80. The summed E-state index contributed by atoms with van der Waals surface area (Å²) < 4.78 is 17.6. The predicted molar refractivity (Wildman–Crippen MR) is 143 cm³/mol. The van der Waals surface area contributed by atoms with Gasteiger partial charge in [-0.2, -0.15) is 0 Å². The molecule has 0 aliphatic heterocycles. The number of hydrogen-bond acceptors (Lipinski definition) is 5. The molecule has 0 saturated carbocycles. The fraction of sp³-hybridized carbons (Fsp3) is 0.226. The number of benzene rings is 4. The maximum atomic E-state index is 13.3. The van der Waals surface area contributed by atoms with Crippen molar-refractivity contribution in [3.05, 3.63) is 102 Å². The van der Waals surface area contributed by atoms with Gasteiger partial charge in [0, 0.05) is 12.0 Å². The Morgan fingerprint density at radius 1 is 0.838 bits per heavy atom. The summed E-state index contributed by atoms with van der Waals surface area (Å²) in [6.07, 6.45) is 0.387. The molecule has 0 radical (unpaired) electrons. The highest BCUT2D eigenvalue weighted by Crippen LogP contribution is 2.30. The number of ketones is 1. The zero-order valence-corrected chi connectivity index (χ0v) is 21.1. The molecule has 4 aromatic carbocycles. The number of hydrogen-bond donors (Lipinski definition) is 1. The first-order chi connectivity index (χ1) is 17.7. The van der Waals surface area contributed by atoms with Crippen molar-refractivity contribution in [1.29, 1.82) is 0 Å². The van der Waals surface area contributed by atoms with E-state index in [9.17, 15) is 14.7 Å². The van der Waals surface area contributed by atoms with Gasteiger partial charge in [-0.05, 0) is 67.9 Å². The van der Waals surface area contributed by atoms with Gasteiger partial charge in [0.2, 0.25) is 0 Å². The van der Waals surface area contributed by atoms with Crippen molar-refractivity contribution in [3.63, 3.8) is 0 Å². The number of carboxylic acid groups (broad SMARTS) is 1. The molecule has 0 saturated heterocycles. The van der Waals surface area contributed by atoms with E-state index in [-0.39, 0.29) is 11.9 Å². The molecule has 0 aliphatic rings. The summed E-state index contributed by atoms with van der Waals surface area (Å²) >= 11 is 0. The van der Waals surface area contributed by atoms with Crippen molar-refractivity contribution in [2.45, 2.75) is 38.9 Å². The Morgan fingerprint density at radius 2 is 1.43 bits per heavy atom. The first kappa shape index (κ1) is 25.8. The summed E-state index contributed by atoms with van der Waals surface area (Å²) in [5.74, 6) is 0.504. The molecule has 0 aliphatic carbocycles. The Bertz CT molecular complexity index is 1380. The van der Waals surface area contributed by atoms with Gasteiger partial charge in [-0.3, -0.25) is 4.79 Å². The fourth-order valence-corrected chi connectivity index (χ4v) is 3.80. The SMILES string of the molecule is CC(CCOc1ccc(OC(C)(C)C(=O)O)cc1)Oc1cc2ccccc2cc1C(=O)c1ccccc1. The summed E-state index contributed by atoms with van der Waals surface area (Å²) in [6.45, 7) is 5.34. The summed E-state index contributed by atoms with van der Waals surface area (Å²) in [7, 11) is 0. The van der Waals surface area contributed by atoms with Crippen LogP contribution >= 0.6 is 0 Å². The van der Waals surface area contributed by atoms with Crippen LogP contribution < -0.4 is 14.2 Å². The highest BCUT2D eigenvalue weighted by atomic mass is 16.5. The summed E-state index contributed by atoms with van der Waals surface area (Å²) in [4.78, 5) is 24.5. The lowest BCUT2D eigenvalue weighted by atomic mass is 9.98. The molecule has 0 aromatic heterocycles. The number of carbonyl (C=O) groups is 2. The molecule has 190 valence electrons. The Morgan fingerprint density at radius 3 is 2.08 bits per heavy atom. The van der Waals surface area contributed by atoms with Crippen molar-refractivity contribution in [1.82, 2.24) is 0 Å². The van der Waals surface area contributed by atoms with Gasteiger partial charge in [-0.25, -0.2) is 4.79 Å². The molecule has 1 unspecified atom stereocenters. The first-order valence-electron chi connectivity index (χ1n) is 12.2. The van der Waals surface area contributed by atoms with Gasteiger partial charge < -0.3 is 19.3 Å². The van der Waals surface area contributed by atoms with Gasteiger partial charge >= 0.3 is 5.97 Å². The third-order valence-electron chi connectivity index (χ3n) is 5.96. The topological polar surface area (TPSA) is 82.1 Å². The van der Waals surface area contributed by atoms with E-state index < -0.39 is 11.6 Å². The number of fused-ring (bicyclic) bond motifs is 1. The maximum absolute atomic E-state index is 13.3. The Balaban J connectivity index is 1.41. The van der Waals surface area contributed by atoms with E-state index in [0.717, 1.165) is 10.8 Å². The molecule has 4 aromatic rings. The molecule has 0 fully saturated rings. The van der Waals surface area contributed by atoms with Crippen LogP contribution in [0, 0.1) is 0 Å². The van der Waals surface area contributed by atoms with Crippen LogP contribution in [0.5, 0.6) is 17.2 Å². The molecule has 0 bridgehead atoms. The minimum absolute atomic E-state index is 0.0850. The van der Waals surface area contributed by atoms with E-state index in [0.29, 0.717) is 41.4 Å². The third kappa shape index (κ3) is 6.47. The quantitative estimate of drug-likeness (QED) is 0.236. The lowest BCUT2D eigenvalue weighted by molar-refractivity contribution is -0.152. The zero-order chi connectivity index (χ0) is 26.4. The maximum Gasteiger partial charge on any atom is 0.347 e. The second-order valence-electron chi connectivity index (χ2n) is 9.35. The number of aliphatic carboxylic acids is 1. The summed E-state index contributed by atoms with van der Waals surface area (Å²) in [6, 6.07) is 27.7. The van der Waals surface area contributed by atoms with Crippen molar-refractivity contribution in [2.75, 3.05) is 6.61 Å². The molecular weight excluding hydrogens is 468 g/mol. The highest BCUT2D eigenvalue weighted by Gasteiger charge is 2.29. The van der Waals surface area contributed by atoms with Gasteiger partial charge in [0.05, 0.1) is 18.3 Å². The standard InChI is InChI=1S/C31H30O6/c1-21(17-18-35-25-13-15-26(16-14-25)37-31(2,3)30(33)34)36-28-20-24-12-8-7-11-23(24)19-27(28)29(32)22-9-5-4-6-10-22/h4-16,19-21H,17-18H2,1-3H3,(H,33,34). The lowest BCUT2D eigenvalue weighted by Crippen LogP contribution is -2.37. The Kier molecular flexibility index (Phi) is 7.77. The molecule has 0 spiro atoms. The zero-order valence-electron chi connectivity index (χ0n) is 21.1. The van der Waals surface area contributed by atoms with E-state index in [1.54, 1.807) is 36.4 Å². The number of ether oxygens (including phenoxy) is 3. The van der Waals surface area contributed by atoms with E-state index in [4.69, 9.17) is 14.2 Å². The largest absolute Gasteiger partial charge is 0.493 e. The normalized spacial score (nSPS) is 12.1. The molecule has 4 rings (SSSR count). The molecule has 0 heterocycles. The third-order valence-corrected chi connectivity index (χ3v) is 5.96. The average molecular weight is 499 g/mol. The molecule has 6 nitrogen and oxygen atoms in total. The Labute approximate surface area is 216 Å². The van der Waals surface area contributed by atoms with Crippen LogP contribution in [0.15, 0.2) is 91.0 Å².